The first-order chi connectivity index (χ1) is 8.59. The smallest absolute Gasteiger partial charge is 0.239 e. The van der Waals surface area contributed by atoms with E-state index in [0.717, 1.165) is 25.9 Å². The van der Waals surface area contributed by atoms with E-state index in [2.05, 4.69) is 36.1 Å². The Bertz CT molecular complexity index is 428. The van der Waals surface area contributed by atoms with Gasteiger partial charge in [0.25, 0.3) is 0 Å². The second-order valence-corrected chi connectivity index (χ2v) is 5.29. The number of aryl methyl sites for hydroxylation is 1. The number of hydrogen-bond acceptors (Lipinski definition) is 2. The molecule has 0 bridgehead atoms. The Morgan fingerprint density at radius 1 is 1.39 bits per heavy atom. The summed E-state index contributed by atoms with van der Waals surface area (Å²) in [7, 11) is 3.68. The molecule has 0 aliphatic carbocycles. The van der Waals surface area contributed by atoms with Crippen molar-refractivity contribution in [3.05, 3.63) is 35.4 Å². The molecule has 3 heteroatoms. The van der Waals surface area contributed by atoms with Gasteiger partial charge in [0.1, 0.15) is 0 Å². The molecular formula is C15H22N2O. The molecule has 1 atom stereocenters. The van der Waals surface area contributed by atoms with E-state index >= 15 is 0 Å². The van der Waals surface area contributed by atoms with Crippen molar-refractivity contribution >= 4 is 5.91 Å². The molecule has 1 aromatic rings. The lowest BCUT2D eigenvalue weighted by molar-refractivity contribution is -0.133. The first kappa shape index (κ1) is 13.1. The zero-order valence-corrected chi connectivity index (χ0v) is 11.5. The van der Waals surface area contributed by atoms with E-state index < -0.39 is 0 Å². The monoisotopic (exact) mass is 246 g/mol. The van der Waals surface area contributed by atoms with Crippen molar-refractivity contribution in [3.63, 3.8) is 0 Å². The van der Waals surface area contributed by atoms with Crippen molar-refractivity contribution in [3.8, 4) is 0 Å². The SMILES string of the molecule is Cc1ccccc1CN1CCC[C@H]1C(=O)N(C)C. The third kappa shape index (κ3) is 2.72. The summed E-state index contributed by atoms with van der Waals surface area (Å²) in [6, 6.07) is 8.49. The molecule has 98 valence electrons. The molecule has 0 unspecified atom stereocenters. The number of amides is 1. The lowest BCUT2D eigenvalue weighted by atomic mass is 10.1. The molecule has 2 rings (SSSR count). The highest BCUT2D eigenvalue weighted by molar-refractivity contribution is 5.81. The van der Waals surface area contributed by atoms with Gasteiger partial charge in [-0.25, -0.2) is 0 Å². The van der Waals surface area contributed by atoms with Crippen LogP contribution >= 0.6 is 0 Å². The molecule has 3 nitrogen and oxygen atoms in total. The van der Waals surface area contributed by atoms with Gasteiger partial charge in [0.05, 0.1) is 6.04 Å². The number of hydrogen-bond donors (Lipinski definition) is 0. The molecule has 0 saturated carbocycles. The van der Waals surface area contributed by atoms with Crippen LogP contribution in [-0.4, -0.2) is 42.4 Å². The summed E-state index contributed by atoms with van der Waals surface area (Å²) in [4.78, 5) is 16.1. The van der Waals surface area contributed by atoms with Gasteiger partial charge in [-0.05, 0) is 37.4 Å². The number of carbonyl (C=O) groups is 1. The fourth-order valence-corrected chi connectivity index (χ4v) is 2.60. The Hall–Kier alpha value is -1.35. The van der Waals surface area contributed by atoms with E-state index in [-0.39, 0.29) is 11.9 Å². The Labute approximate surface area is 109 Å². The molecule has 1 aliphatic heterocycles. The fraction of sp³-hybridized carbons (Fsp3) is 0.533. The summed E-state index contributed by atoms with van der Waals surface area (Å²) in [5.41, 5.74) is 2.64. The Morgan fingerprint density at radius 3 is 2.78 bits per heavy atom. The van der Waals surface area contributed by atoms with Crippen molar-refractivity contribution in [2.75, 3.05) is 20.6 Å². The highest BCUT2D eigenvalue weighted by atomic mass is 16.2. The standard InChI is InChI=1S/C15H22N2O/c1-12-7-4-5-8-13(12)11-17-10-6-9-14(17)15(18)16(2)3/h4-5,7-8,14H,6,9-11H2,1-3H3/t14-/m0/s1. The van der Waals surface area contributed by atoms with Crippen LogP contribution in [0.2, 0.25) is 0 Å². The van der Waals surface area contributed by atoms with E-state index in [4.69, 9.17) is 0 Å². The van der Waals surface area contributed by atoms with Crippen LogP contribution in [0.15, 0.2) is 24.3 Å². The summed E-state index contributed by atoms with van der Waals surface area (Å²) in [5, 5.41) is 0. The van der Waals surface area contributed by atoms with Gasteiger partial charge >= 0.3 is 0 Å². The van der Waals surface area contributed by atoms with E-state index in [9.17, 15) is 4.79 Å². The Morgan fingerprint density at radius 2 is 2.11 bits per heavy atom. The summed E-state index contributed by atoms with van der Waals surface area (Å²) >= 11 is 0. The average molecular weight is 246 g/mol. The highest BCUT2D eigenvalue weighted by Crippen LogP contribution is 2.22. The normalized spacial score (nSPS) is 20.1. The van der Waals surface area contributed by atoms with Crippen molar-refractivity contribution in [2.24, 2.45) is 0 Å². The van der Waals surface area contributed by atoms with Crippen LogP contribution in [0.1, 0.15) is 24.0 Å². The van der Waals surface area contributed by atoms with E-state index in [1.54, 1.807) is 4.90 Å². The zero-order valence-electron chi connectivity index (χ0n) is 11.5. The number of likely N-dealkylation sites (N-methyl/N-ethyl adjacent to an activating group) is 1. The van der Waals surface area contributed by atoms with Crippen LogP contribution < -0.4 is 0 Å². The number of likely N-dealkylation sites (tertiary alicyclic amines) is 1. The fourth-order valence-electron chi connectivity index (χ4n) is 2.60. The molecular weight excluding hydrogens is 224 g/mol. The van der Waals surface area contributed by atoms with Gasteiger partial charge in [-0.1, -0.05) is 24.3 Å². The second-order valence-electron chi connectivity index (χ2n) is 5.29. The summed E-state index contributed by atoms with van der Waals surface area (Å²) < 4.78 is 0. The minimum atomic E-state index is 0.0691. The second kappa shape index (κ2) is 5.53. The van der Waals surface area contributed by atoms with Crippen LogP contribution in [0.25, 0.3) is 0 Å². The van der Waals surface area contributed by atoms with Crippen molar-refractivity contribution in [1.29, 1.82) is 0 Å². The van der Waals surface area contributed by atoms with E-state index in [1.165, 1.54) is 11.1 Å². The molecule has 1 aliphatic rings. The van der Waals surface area contributed by atoms with Gasteiger partial charge in [0.15, 0.2) is 0 Å². The molecule has 1 heterocycles. The van der Waals surface area contributed by atoms with Crippen molar-refractivity contribution in [1.82, 2.24) is 9.80 Å². The van der Waals surface area contributed by atoms with Gasteiger partial charge in [-0.15, -0.1) is 0 Å². The number of carbonyl (C=O) groups excluding carboxylic acids is 1. The molecule has 1 aromatic carbocycles. The minimum absolute atomic E-state index is 0.0691. The minimum Gasteiger partial charge on any atom is -0.347 e. The number of nitrogens with zero attached hydrogens (tertiary/aromatic N) is 2. The predicted octanol–water partition coefficient (Wildman–Crippen LogP) is 2.05. The van der Waals surface area contributed by atoms with Crippen LogP contribution in [0, 0.1) is 6.92 Å². The highest BCUT2D eigenvalue weighted by Gasteiger charge is 2.31. The van der Waals surface area contributed by atoms with Crippen LogP contribution in [0.4, 0.5) is 0 Å². The molecule has 0 N–H and O–H groups in total. The largest absolute Gasteiger partial charge is 0.347 e. The maximum atomic E-state index is 12.1. The van der Waals surface area contributed by atoms with Crippen molar-refractivity contribution < 1.29 is 4.79 Å². The molecule has 1 saturated heterocycles. The predicted molar refractivity (Wildman–Crippen MR) is 73.3 cm³/mol. The van der Waals surface area contributed by atoms with Crippen LogP contribution in [-0.2, 0) is 11.3 Å². The van der Waals surface area contributed by atoms with Gasteiger partial charge in [-0.3, -0.25) is 9.69 Å². The van der Waals surface area contributed by atoms with Gasteiger partial charge in [0.2, 0.25) is 5.91 Å². The van der Waals surface area contributed by atoms with Gasteiger partial charge in [-0.2, -0.15) is 0 Å². The topological polar surface area (TPSA) is 23.6 Å². The average Bonchev–Trinajstić information content (AvgIpc) is 2.79. The maximum Gasteiger partial charge on any atom is 0.239 e. The van der Waals surface area contributed by atoms with Crippen LogP contribution in [0.5, 0.6) is 0 Å². The van der Waals surface area contributed by atoms with E-state index in [1.807, 2.05) is 14.1 Å². The first-order valence-corrected chi connectivity index (χ1v) is 6.59. The van der Waals surface area contributed by atoms with Crippen LogP contribution in [0.3, 0.4) is 0 Å². The number of benzene rings is 1. The van der Waals surface area contributed by atoms with Gasteiger partial charge < -0.3 is 4.90 Å². The first-order valence-electron chi connectivity index (χ1n) is 6.59. The summed E-state index contributed by atoms with van der Waals surface area (Å²) in [5.74, 6) is 0.237. The van der Waals surface area contributed by atoms with E-state index in [0.29, 0.717) is 0 Å². The quantitative estimate of drug-likeness (QED) is 0.815. The summed E-state index contributed by atoms with van der Waals surface area (Å²) in [6.45, 7) is 4.05. The molecule has 0 spiro atoms. The maximum absolute atomic E-state index is 12.1. The lowest BCUT2D eigenvalue weighted by Crippen LogP contribution is -2.42. The molecule has 0 aromatic heterocycles. The third-order valence-electron chi connectivity index (χ3n) is 3.72. The van der Waals surface area contributed by atoms with Gasteiger partial charge in [0, 0.05) is 20.6 Å². The Kier molecular flexibility index (Phi) is 4.02. The lowest BCUT2D eigenvalue weighted by Gasteiger charge is -2.26. The molecule has 1 amide bonds. The molecule has 18 heavy (non-hydrogen) atoms. The zero-order chi connectivity index (χ0) is 13.1. The summed E-state index contributed by atoms with van der Waals surface area (Å²) in [6.07, 6.45) is 2.11. The van der Waals surface area contributed by atoms with Crippen molar-refractivity contribution in [2.45, 2.75) is 32.4 Å². The molecule has 0 radical (unpaired) electrons. The Balaban J connectivity index is 2.09. The molecule has 1 fully saturated rings. The number of rotatable bonds is 3. The third-order valence-corrected chi connectivity index (χ3v) is 3.72.